The van der Waals surface area contributed by atoms with Gasteiger partial charge >= 0.3 is 12.1 Å². The Hall–Kier alpha value is -4.14. The number of hydrogen-bond acceptors (Lipinski definition) is 5. The summed E-state index contributed by atoms with van der Waals surface area (Å²) in [7, 11) is 1.64. The summed E-state index contributed by atoms with van der Waals surface area (Å²) < 4.78 is 7.03. The number of nitrogens with one attached hydrogen (secondary N) is 1. The summed E-state index contributed by atoms with van der Waals surface area (Å²) in [5.74, 6) is -0.716. The Kier molecular flexibility index (Phi) is 5.98. The van der Waals surface area contributed by atoms with Crippen LogP contribution in [0, 0.1) is 5.92 Å². The number of carbonyl (C=O) groups is 3. The first-order valence-electron chi connectivity index (χ1n) is 11.6. The first-order chi connectivity index (χ1) is 16.9. The number of carboxylic acids is 1. The molecule has 5 rings (SSSR count). The van der Waals surface area contributed by atoms with E-state index in [-0.39, 0.29) is 42.2 Å². The molecule has 2 amide bonds. The summed E-state index contributed by atoms with van der Waals surface area (Å²) in [5.41, 5.74) is 4.81. The third kappa shape index (κ3) is 4.37. The number of aliphatic carboxylic acids is 1. The number of ether oxygens (including phenoxy) is 1. The lowest BCUT2D eigenvalue weighted by Gasteiger charge is -2.39. The molecule has 0 unspecified atom stereocenters. The van der Waals surface area contributed by atoms with Gasteiger partial charge in [-0.3, -0.25) is 19.6 Å². The van der Waals surface area contributed by atoms with Crippen LogP contribution in [0.25, 0.3) is 11.1 Å². The Morgan fingerprint density at radius 1 is 1.06 bits per heavy atom. The molecular formula is C26H26N4O5. The third-order valence-electron chi connectivity index (χ3n) is 6.74. The largest absolute Gasteiger partial charge is 0.481 e. The van der Waals surface area contributed by atoms with Crippen molar-refractivity contribution in [2.24, 2.45) is 13.0 Å². The van der Waals surface area contributed by atoms with E-state index in [4.69, 9.17) is 9.84 Å². The number of nitrogens with zero attached hydrogens (tertiary/aromatic N) is 3. The van der Waals surface area contributed by atoms with Crippen LogP contribution in [0.2, 0.25) is 0 Å². The van der Waals surface area contributed by atoms with Crippen molar-refractivity contribution in [3.63, 3.8) is 0 Å². The number of carboxylic acid groups (broad SMARTS) is 1. The first kappa shape index (κ1) is 22.6. The summed E-state index contributed by atoms with van der Waals surface area (Å²) in [4.78, 5) is 38.0. The minimum absolute atomic E-state index is 0.0652. The minimum atomic E-state index is -0.836. The average molecular weight is 475 g/mol. The predicted molar refractivity (Wildman–Crippen MR) is 128 cm³/mol. The summed E-state index contributed by atoms with van der Waals surface area (Å²) in [6.45, 7) is 1.15. The van der Waals surface area contributed by atoms with Crippen molar-refractivity contribution in [2.45, 2.75) is 18.8 Å². The van der Waals surface area contributed by atoms with Crippen molar-refractivity contribution in [3.8, 4) is 11.1 Å². The van der Waals surface area contributed by atoms with Crippen LogP contribution in [-0.2, 0) is 16.6 Å². The molecular weight excluding hydrogens is 448 g/mol. The maximum atomic E-state index is 12.9. The Labute approximate surface area is 202 Å². The maximum Gasteiger partial charge on any atom is 0.412 e. The van der Waals surface area contributed by atoms with Gasteiger partial charge < -0.3 is 14.7 Å². The topological polar surface area (TPSA) is 114 Å². The Morgan fingerprint density at radius 2 is 1.69 bits per heavy atom. The van der Waals surface area contributed by atoms with Crippen LogP contribution in [0.1, 0.15) is 40.2 Å². The highest BCUT2D eigenvalue weighted by Gasteiger charge is 2.34. The van der Waals surface area contributed by atoms with Gasteiger partial charge in [-0.1, -0.05) is 48.5 Å². The van der Waals surface area contributed by atoms with E-state index >= 15 is 0 Å². The Balaban J connectivity index is 1.22. The van der Waals surface area contributed by atoms with Crippen molar-refractivity contribution in [1.82, 2.24) is 14.7 Å². The van der Waals surface area contributed by atoms with Gasteiger partial charge in [0, 0.05) is 32.5 Å². The summed E-state index contributed by atoms with van der Waals surface area (Å²) in [6.07, 6.45) is 1.39. The highest BCUT2D eigenvalue weighted by atomic mass is 16.5. The molecule has 0 saturated carbocycles. The fraction of sp³-hybridized carbons (Fsp3) is 0.308. The van der Waals surface area contributed by atoms with E-state index in [2.05, 4.69) is 34.7 Å². The molecule has 0 spiro atoms. The van der Waals surface area contributed by atoms with Gasteiger partial charge in [-0.05, 0) is 34.6 Å². The van der Waals surface area contributed by atoms with Crippen molar-refractivity contribution < 1.29 is 24.2 Å². The molecule has 2 heterocycles. The van der Waals surface area contributed by atoms with E-state index in [0.29, 0.717) is 19.5 Å². The predicted octanol–water partition coefficient (Wildman–Crippen LogP) is 3.72. The van der Waals surface area contributed by atoms with Gasteiger partial charge in [-0.2, -0.15) is 5.10 Å². The molecule has 0 atom stereocenters. The Bertz CT molecular complexity index is 1250. The van der Waals surface area contributed by atoms with Crippen molar-refractivity contribution >= 4 is 23.8 Å². The lowest BCUT2D eigenvalue weighted by Crippen LogP contribution is -2.50. The molecule has 9 nitrogen and oxygen atoms in total. The number of likely N-dealkylation sites (tertiary alicyclic amines) is 1. The van der Waals surface area contributed by atoms with E-state index in [9.17, 15) is 14.4 Å². The molecule has 1 fully saturated rings. The number of fused-ring (bicyclic) bond motifs is 3. The normalized spacial score (nSPS) is 14.7. The molecule has 1 aliphatic carbocycles. The number of carbonyl (C=O) groups excluding carboxylic acids is 2. The van der Waals surface area contributed by atoms with Gasteiger partial charge in [-0.25, -0.2) is 4.79 Å². The SMILES string of the molecule is Cn1ncc(C(=O)N2CC(CCC(=O)O)C2)c1NC(=O)OCC1c2ccccc2-c2ccccc21. The van der Waals surface area contributed by atoms with Crippen LogP contribution in [0.4, 0.5) is 10.6 Å². The molecule has 1 saturated heterocycles. The summed E-state index contributed by atoms with van der Waals surface area (Å²) in [6, 6.07) is 16.2. The number of amides is 2. The van der Waals surface area contributed by atoms with Gasteiger partial charge in [-0.15, -0.1) is 0 Å². The zero-order valence-corrected chi connectivity index (χ0v) is 19.3. The lowest BCUT2D eigenvalue weighted by atomic mass is 9.94. The van der Waals surface area contributed by atoms with Crippen LogP contribution >= 0.6 is 0 Å². The van der Waals surface area contributed by atoms with E-state index < -0.39 is 12.1 Å². The highest BCUT2D eigenvalue weighted by molar-refractivity contribution is 6.02. The highest BCUT2D eigenvalue weighted by Crippen LogP contribution is 2.44. The summed E-state index contributed by atoms with van der Waals surface area (Å²) >= 11 is 0. The molecule has 35 heavy (non-hydrogen) atoms. The van der Waals surface area contributed by atoms with Gasteiger partial charge in [0.05, 0.1) is 6.20 Å². The molecule has 0 radical (unpaired) electrons. The minimum Gasteiger partial charge on any atom is -0.481 e. The monoisotopic (exact) mass is 474 g/mol. The molecule has 1 aromatic heterocycles. The zero-order chi connectivity index (χ0) is 24.5. The number of anilines is 1. The van der Waals surface area contributed by atoms with E-state index in [1.165, 1.54) is 10.9 Å². The third-order valence-corrected chi connectivity index (χ3v) is 6.74. The molecule has 180 valence electrons. The van der Waals surface area contributed by atoms with Gasteiger partial charge in [0.15, 0.2) is 0 Å². The first-order valence-corrected chi connectivity index (χ1v) is 11.6. The number of rotatable bonds is 7. The van der Waals surface area contributed by atoms with Crippen LogP contribution < -0.4 is 5.32 Å². The second kappa shape index (κ2) is 9.25. The van der Waals surface area contributed by atoms with Crippen LogP contribution in [0.15, 0.2) is 54.7 Å². The van der Waals surface area contributed by atoms with Gasteiger partial charge in [0.2, 0.25) is 0 Å². The van der Waals surface area contributed by atoms with E-state index in [1.54, 1.807) is 11.9 Å². The molecule has 2 N–H and O–H groups in total. The molecule has 0 bridgehead atoms. The van der Waals surface area contributed by atoms with Crippen molar-refractivity contribution in [2.75, 3.05) is 25.0 Å². The number of aromatic nitrogens is 2. The Morgan fingerprint density at radius 3 is 2.31 bits per heavy atom. The second-order valence-electron chi connectivity index (χ2n) is 8.99. The molecule has 1 aliphatic heterocycles. The molecule has 3 aromatic rings. The van der Waals surface area contributed by atoms with E-state index in [0.717, 1.165) is 22.3 Å². The van der Waals surface area contributed by atoms with Crippen LogP contribution in [0.5, 0.6) is 0 Å². The summed E-state index contributed by atoms with van der Waals surface area (Å²) in [5, 5.41) is 15.6. The molecule has 2 aromatic carbocycles. The van der Waals surface area contributed by atoms with Crippen LogP contribution in [-0.4, -0.2) is 57.5 Å². The number of aryl methyl sites for hydroxylation is 1. The van der Waals surface area contributed by atoms with Crippen molar-refractivity contribution in [3.05, 3.63) is 71.4 Å². The molecule has 2 aliphatic rings. The quantitative estimate of drug-likeness (QED) is 0.540. The van der Waals surface area contributed by atoms with Crippen LogP contribution in [0.3, 0.4) is 0 Å². The standard InChI is InChI=1S/C26H26N4O5/c1-29-24(21(12-27-29)25(33)30-13-16(14-30)10-11-23(31)32)28-26(34)35-15-22-19-8-4-2-6-17(19)18-7-3-5-9-20(18)22/h2-9,12,16,22H,10-11,13-15H2,1H3,(H,28,34)(H,31,32). The smallest absolute Gasteiger partial charge is 0.412 e. The number of benzene rings is 2. The fourth-order valence-corrected chi connectivity index (χ4v) is 4.89. The molecule has 9 heteroatoms. The van der Waals surface area contributed by atoms with E-state index in [1.807, 2.05) is 24.3 Å². The van der Waals surface area contributed by atoms with Crippen molar-refractivity contribution in [1.29, 1.82) is 0 Å². The number of hydrogen-bond donors (Lipinski definition) is 2. The maximum absolute atomic E-state index is 12.9. The zero-order valence-electron chi connectivity index (χ0n) is 19.3. The second-order valence-corrected chi connectivity index (χ2v) is 8.99. The fourth-order valence-electron chi connectivity index (χ4n) is 4.89. The van der Waals surface area contributed by atoms with Gasteiger partial charge in [0.25, 0.3) is 5.91 Å². The average Bonchev–Trinajstić information content (AvgIpc) is 3.34. The van der Waals surface area contributed by atoms with Gasteiger partial charge in [0.1, 0.15) is 18.0 Å². The lowest BCUT2D eigenvalue weighted by molar-refractivity contribution is -0.137.